The Hall–Kier alpha value is -3.65. The molecule has 0 saturated carbocycles. The third-order valence-electron chi connectivity index (χ3n) is 7.21. The number of benzene rings is 3. The topological polar surface area (TPSA) is 71.3 Å². The fourth-order valence-corrected chi connectivity index (χ4v) is 9.57. The minimum Gasteiger partial charge on any atom is -0.869 e. The highest BCUT2D eigenvalue weighted by Crippen LogP contribution is 2.37. The van der Waals surface area contributed by atoms with E-state index in [1.165, 1.54) is 16.6 Å². The third-order valence-corrected chi connectivity index (χ3v) is 12.2. The fourth-order valence-electron chi connectivity index (χ4n) is 5.06. The molecule has 1 aliphatic heterocycles. The maximum atomic E-state index is 12.3. The Morgan fingerprint density at radius 1 is 0.927 bits per heavy atom. The maximum Gasteiger partial charge on any atom is 0.358 e. The maximum absolute atomic E-state index is 12.3. The number of ketones is 1. The summed E-state index contributed by atoms with van der Waals surface area (Å²) in [6.45, 7) is 11.8. The molecule has 0 amide bonds. The molecule has 0 bridgehead atoms. The predicted molar refractivity (Wildman–Crippen MR) is 163 cm³/mol. The number of hydrogen-bond acceptors (Lipinski definition) is 5. The van der Waals surface area contributed by atoms with Crippen LogP contribution < -0.4 is 25.0 Å². The highest BCUT2D eigenvalue weighted by atomic mass is 28.4. The molecular weight excluding hydrogens is 532 g/mol. The smallest absolute Gasteiger partial charge is 0.358 e. The first kappa shape index (κ1) is 30.3. The van der Waals surface area contributed by atoms with Crippen LogP contribution in [0.4, 0.5) is 0 Å². The molecule has 1 aliphatic rings. The number of methoxy groups -OCH3 is 1. The average molecular weight is 573 g/mol. The zero-order valence-corrected chi connectivity index (χ0v) is 25.4. The molecule has 0 unspecified atom stereocenters. The SMILES string of the molecule is C=C(CCO[C@H]1CC([O-])=C[O+]=C1CO[Si](c1ccccc1)(c1ccccc1)C(C)(C)C)COc1ccc(OC)cc1. The van der Waals surface area contributed by atoms with Crippen LogP contribution >= 0.6 is 0 Å². The summed E-state index contributed by atoms with van der Waals surface area (Å²) in [5.41, 5.74) is 0.889. The molecule has 0 saturated heterocycles. The molecule has 4 rings (SSSR count). The Balaban J connectivity index is 1.43. The van der Waals surface area contributed by atoms with Gasteiger partial charge in [-0.1, -0.05) is 88.0 Å². The third kappa shape index (κ3) is 7.55. The van der Waals surface area contributed by atoms with Crippen molar-refractivity contribution in [3.63, 3.8) is 0 Å². The van der Waals surface area contributed by atoms with E-state index in [2.05, 4.69) is 75.9 Å². The zero-order valence-electron chi connectivity index (χ0n) is 24.4. The summed E-state index contributed by atoms with van der Waals surface area (Å²) in [6.07, 6.45) is 1.58. The van der Waals surface area contributed by atoms with Gasteiger partial charge in [0.1, 0.15) is 24.7 Å². The second kappa shape index (κ2) is 13.8. The van der Waals surface area contributed by atoms with Crippen LogP contribution in [0.1, 0.15) is 33.6 Å². The summed E-state index contributed by atoms with van der Waals surface area (Å²) in [6, 6.07) is 28.3. The van der Waals surface area contributed by atoms with Crippen LogP contribution in [0.2, 0.25) is 5.04 Å². The number of ether oxygens (including phenoxy) is 3. The van der Waals surface area contributed by atoms with Crippen molar-refractivity contribution in [1.29, 1.82) is 0 Å². The summed E-state index contributed by atoms with van der Waals surface area (Å²) in [4.78, 5) is 0. The molecule has 216 valence electrons. The lowest BCUT2D eigenvalue weighted by atomic mass is 10.1. The van der Waals surface area contributed by atoms with Crippen LogP contribution in [0.15, 0.2) is 109 Å². The van der Waals surface area contributed by atoms with Gasteiger partial charge in [-0.05, 0) is 57.4 Å². The van der Waals surface area contributed by atoms with Gasteiger partial charge in [0.25, 0.3) is 8.32 Å². The lowest BCUT2D eigenvalue weighted by molar-refractivity contribution is -0.412. The molecule has 0 N–H and O–H groups in total. The van der Waals surface area contributed by atoms with Gasteiger partial charge in [-0.25, -0.2) is 4.42 Å². The van der Waals surface area contributed by atoms with Gasteiger partial charge in [0.2, 0.25) is 0 Å². The van der Waals surface area contributed by atoms with Gasteiger partial charge < -0.3 is 23.7 Å². The van der Waals surface area contributed by atoms with Crippen molar-refractivity contribution in [1.82, 2.24) is 0 Å². The van der Waals surface area contributed by atoms with E-state index in [1.807, 2.05) is 36.4 Å². The summed E-state index contributed by atoms with van der Waals surface area (Å²) in [5, 5.41) is 14.5. The normalized spacial score (nSPS) is 15.6. The van der Waals surface area contributed by atoms with Crippen LogP contribution in [0, 0.1) is 0 Å². The summed E-state index contributed by atoms with van der Waals surface area (Å²) in [5.74, 6) is 2.02. The molecule has 41 heavy (non-hydrogen) atoms. The Morgan fingerprint density at radius 2 is 1.51 bits per heavy atom. The first-order valence-electron chi connectivity index (χ1n) is 13.9. The lowest BCUT2D eigenvalue weighted by Gasteiger charge is -2.42. The molecule has 0 spiro atoms. The van der Waals surface area contributed by atoms with Gasteiger partial charge in [0, 0.05) is 6.42 Å². The summed E-state index contributed by atoms with van der Waals surface area (Å²) < 4.78 is 30.0. The van der Waals surface area contributed by atoms with Crippen LogP contribution in [0.25, 0.3) is 0 Å². The minimum absolute atomic E-state index is 0.106. The van der Waals surface area contributed by atoms with Crippen LogP contribution in [-0.2, 0) is 13.6 Å². The highest BCUT2D eigenvalue weighted by Gasteiger charge is 2.51. The molecule has 3 aromatic rings. The van der Waals surface area contributed by atoms with Crippen LogP contribution in [0.5, 0.6) is 11.5 Å². The Labute approximate surface area is 244 Å². The van der Waals surface area contributed by atoms with Crippen LogP contribution in [0.3, 0.4) is 0 Å². The quantitative estimate of drug-likeness (QED) is 0.169. The Bertz CT molecular complexity index is 1290. The van der Waals surface area contributed by atoms with Crippen molar-refractivity contribution in [2.75, 3.05) is 26.9 Å². The van der Waals surface area contributed by atoms with Crippen molar-refractivity contribution in [2.24, 2.45) is 0 Å². The second-order valence-corrected chi connectivity index (χ2v) is 15.5. The van der Waals surface area contributed by atoms with E-state index in [-0.39, 0.29) is 23.8 Å². The van der Waals surface area contributed by atoms with Crippen molar-refractivity contribution in [2.45, 2.75) is 44.8 Å². The molecule has 0 radical (unpaired) electrons. The van der Waals surface area contributed by atoms with Crippen LogP contribution in [-0.4, -0.2) is 47.1 Å². The molecule has 7 heteroatoms. The van der Waals surface area contributed by atoms with E-state index in [0.717, 1.165) is 17.1 Å². The summed E-state index contributed by atoms with van der Waals surface area (Å²) >= 11 is 0. The average Bonchev–Trinajstić information content (AvgIpc) is 2.98. The fraction of sp³-hybridized carbons (Fsp3) is 0.324. The molecule has 0 fully saturated rings. The molecule has 0 aliphatic carbocycles. The van der Waals surface area contributed by atoms with E-state index >= 15 is 0 Å². The zero-order chi connectivity index (χ0) is 29.3. The largest absolute Gasteiger partial charge is 0.869 e. The number of carbonyl (C=O) groups excluding carboxylic acids is 1. The second-order valence-electron chi connectivity index (χ2n) is 11.1. The Kier molecular flexibility index (Phi) is 10.2. The van der Waals surface area contributed by atoms with E-state index in [9.17, 15) is 5.11 Å². The molecule has 6 nitrogen and oxygen atoms in total. The van der Waals surface area contributed by atoms with Gasteiger partial charge in [-0.15, -0.1) is 0 Å². The predicted octanol–water partition coefficient (Wildman–Crippen LogP) is 4.69. The van der Waals surface area contributed by atoms with Gasteiger partial charge in [-0.3, -0.25) is 0 Å². The molecule has 1 heterocycles. The summed E-state index contributed by atoms with van der Waals surface area (Å²) in [7, 11) is -1.14. The van der Waals surface area contributed by atoms with Gasteiger partial charge in [0.05, 0.1) is 13.7 Å². The monoisotopic (exact) mass is 572 g/mol. The Morgan fingerprint density at radius 3 is 2.07 bits per heavy atom. The van der Waals surface area contributed by atoms with Gasteiger partial charge >= 0.3 is 12.0 Å². The van der Waals surface area contributed by atoms with E-state index in [0.29, 0.717) is 25.4 Å². The molecular formula is C34H40O6Si. The van der Waals surface area contributed by atoms with E-state index in [1.54, 1.807) is 7.11 Å². The van der Waals surface area contributed by atoms with E-state index < -0.39 is 14.4 Å². The molecule has 0 aromatic heterocycles. The van der Waals surface area contributed by atoms with Crippen molar-refractivity contribution >= 4 is 24.5 Å². The van der Waals surface area contributed by atoms with E-state index in [4.69, 9.17) is 23.1 Å². The van der Waals surface area contributed by atoms with Crippen molar-refractivity contribution < 1.29 is 28.2 Å². The number of hydrogen-bond donors (Lipinski definition) is 0. The standard InChI is InChI=1S/C34H40O6Si/c1-26(23-38-29-18-16-28(36-5)17-19-29)20-21-37-32-22-27(35)24-39-33(32)25-40-41(34(2,3)4,30-12-8-6-9-13-30)31-14-10-7-11-15-31/h6-19,24,32H,1,20-23,25H2,2-5H3/t32-/m0/s1. The highest BCUT2D eigenvalue weighted by molar-refractivity contribution is 6.99. The first-order valence-corrected chi connectivity index (χ1v) is 15.8. The number of rotatable bonds is 13. The van der Waals surface area contributed by atoms with Gasteiger partial charge in [-0.2, -0.15) is 0 Å². The first-order chi connectivity index (χ1) is 19.7. The van der Waals surface area contributed by atoms with Gasteiger partial charge in [0.15, 0.2) is 6.10 Å². The lowest BCUT2D eigenvalue weighted by Crippen LogP contribution is -2.67. The molecule has 1 atom stereocenters. The van der Waals surface area contributed by atoms with Crippen molar-refractivity contribution in [3.8, 4) is 11.5 Å². The minimum atomic E-state index is -2.77. The van der Waals surface area contributed by atoms with Crippen molar-refractivity contribution in [3.05, 3.63) is 109 Å². The molecule has 3 aromatic carbocycles.